The highest BCUT2D eigenvalue weighted by molar-refractivity contribution is 6.74. The first kappa shape index (κ1) is 17.6. The van der Waals surface area contributed by atoms with E-state index in [0.29, 0.717) is 19.6 Å². The topological polar surface area (TPSA) is 55.8 Å². The van der Waals surface area contributed by atoms with E-state index in [1.807, 2.05) is 6.92 Å². The first-order valence-corrected chi connectivity index (χ1v) is 9.51. The maximum atomic E-state index is 10.7. The highest BCUT2D eigenvalue weighted by Gasteiger charge is 2.36. The fourth-order valence-corrected chi connectivity index (χ4v) is 2.28. The van der Waals surface area contributed by atoms with Crippen molar-refractivity contribution in [1.82, 2.24) is 0 Å². The van der Waals surface area contributed by atoms with E-state index < -0.39 is 20.4 Å². The van der Waals surface area contributed by atoms with Gasteiger partial charge in [-0.1, -0.05) is 27.7 Å². The number of aliphatic carboxylic acids is 1. The Hall–Kier alpha value is -0.393. The Morgan fingerprint density at radius 2 is 1.83 bits per heavy atom. The summed E-state index contributed by atoms with van der Waals surface area (Å²) in [6.45, 7) is 13.9. The molecule has 108 valence electrons. The van der Waals surface area contributed by atoms with Crippen LogP contribution in [0.2, 0.25) is 18.1 Å². The van der Waals surface area contributed by atoms with E-state index in [1.54, 1.807) is 0 Å². The van der Waals surface area contributed by atoms with Crippen LogP contribution in [-0.4, -0.2) is 38.7 Å². The fourth-order valence-electron chi connectivity index (χ4n) is 1.19. The van der Waals surface area contributed by atoms with Crippen molar-refractivity contribution in [2.75, 3.05) is 13.2 Å². The van der Waals surface area contributed by atoms with E-state index >= 15 is 0 Å². The summed E-state index contributed by atoms with van der Waals surface area (Å²) in [7, 11) is -1.68. The molecule has 0 bridgehead atoms. The summed E-state index contributed by atoms with van der Waals surface area (Å²) in [4.78, 5) is 10.7. The van der Waals surface area contributed by atoms with Gasteiger partial charge in [0.25, 0.3) is 0 Å². The van der Waals surface area contributed by atoms with E-state index in [4.69, 9.17) is 14.3 Å². The van der Waals surface area contributed by atoms with Crippen molar-refractivity contribution < 1.29 is 19.1 Å². The van der Waals surface area contributed by atoms with E-state index in [0.717, 1.165) is 6.42 Å². The third kappa shape index (κ3) is 5.98. The summed E-state index contributed by atoms with van der Waals surface area (Å²) in [5.74, 6) is -0.886. The molecule has 0 amide bonds. The molecular formula is C13H28O4Si. The second-order valence-corrected chi connectivity index (χ2v) is 10.9. The van der Waals surface area contributed by atoms with Crippen LogP contribution in [0.4, 0.5) is 0 Å². The van der Waals surface area contributed by atoms with Gasteiger partial charge in [0.1, 0.15) is 0 Å². The first-order valence-electron chi connectivity index (χ1n) is 6.60. The molecule has 0 fully saturated rings. The van der Waals surface area contributed by atoms with Crippen molar-refractivity contribution in [2.24, 2.45) is 0 Å². The zero-order valence-corrected chi connectivity index (χ0v) is 13.6. The van der Waals surface area contributed by atoms with Gasteiger partial charge < -0.3 is 14.3 Å². The summed E-state index contributed by atoms with van der Waals surface area (Å²) in [5.41, 5.74) is 0. The molecule has 18 heavy (non-hydrogen) atoms. The highest BCUT2D eigenvalue weighted by Crippen LogP contribution is 2.36. The monoisotopic (exact) mass is 276 g/mol. The van der Waals surface area contributed by atoms with Gasteiger partial charge in [0.2, 0.25) is 0 Å². The Bertz CT molecular complexity index is 258. The van der Waals surface area contributed by atoms with E-state index in [9.17, 15) is 4.79 Å². The summed E-state index contributed by atoms with van der Waals surface area (Å²) >= 11 is 0. The lowest BCUT2D eigenvalue weighted by atomic mass is 10.2. The number of ether oxygens (including phenoxy) is 1. The third-order valence-corrected chi connectivity index (χ3v) is 8.06. The second kappa shape index (κ2) is 7.26. The molecule has 4 nitrogen and oxygen atoms in total. The number of carbonyl (C=O) groups is 1. The van der Waals surface area contributed by atoms with Crippen LogP contribution in [0.15, 0.2) is 0 Å². The Kier molecular flexibility index (Phi) is 7.10. The normalized spacial score (nSPS) is 14.6. The molecule has 0 saturated heterocycles. The number of rotatable bonds is 8. The van der Waals surface area contributed by atoms with Gasteiger partial charge in [-0.25, -0.2) is 4.79 Å². The molecule has 0 aromatic rings. The van der Waals surface area contributed by atoms with Crippen molar-refractivity contribution in [1.29, 1.82) is 0 Å². The Morgan fingerprint density at radius 3 is 2.22 bits per heavy atom. The minimum atomic E-state index is -1.68. The predicted molar refractivity (Wildman–Crippen MR) is 75.4 cm³/mol. The van der Waals surface area contributed by atoms with Gasteiger partial charge in [-0.3, -0.25) is 0 Å². The van der Waals surface area contributed by atoms with E-state index in [2.05, 4.69) is 33.9 Å². The predicted octanol–water partition coefficient (Wildman–Crippen LogP) is 3.28. The number of hydrogen-bond acceptors (Lipinski definition) is 3. The molecule has 1 N–H and O–H groups in total. The Morgan fingerprint density at radius 1 is 1.28 bits per heavy atom. The molecule has 0 aromatic heterocycles. The lowest BCUT2D eigenvalue weighted by Gasteiger charge is -2.36. The maximum absolute atomic E-state index is 10.7. The highest BCUT2D eigenvalue weighted by atomic mass is 28.4. The molecular weight excluding hydrogens is 248 g/mol. The standard InChI is InChI=1S/C13H28O4Si/c1-7-11(12(14)15)16-9-8-10-17-18(5,6)13(2,3)4/h11H,7-10H2,1-6H3,(H,14,15). The molecule has 0 aromatic carbocycles. The molecule has 0 aliphatic carbocycles. The van der Waals surface area contributed by atoms with Crippen LogP contribution >= 0.6 is 0 Å². The second-order valence-electron chi connectivity index (χ2n) is 6.07. The van der Waals surface area contributed by atoms with Crippen molar-refractivity contribution in [3.8, 4) is 0 Å². The summed E-state index contributed by atoms with van der Waals surface area (Å²) in [6.07, 6.45) is 0.562. The van der Waals surface area contributed by atoms with Gasteiger partial charge in [-0.05, 0) is 31.0 Å². The molecule has 0 spiro atoms. The van der Waals surface area contributed by atoms with Crippen molar-refractivity contribution in [3.05, 3.63) is 0 Å². The maximum Gasteiger partial charge on any atom is 0.332 e. The SMILES string of the molecule is CCC(OCCCO[Si](C)(C)C(C)(C)C)C(=O)O. The van der Waals surface area contributed by atoms with E-state index in [1.165, 1.54) is 0 Å². The molecule has 1 unspecified atom stereocenters. The smallest absolute Gasteiger partial charge is 0.332 e. The Balaban J connectivity index is 3.85. The van der Waals surface area contributed by atoms with Crippen LogP contribution in [0, 0.1) is 0 Å². The molecule has 5 heteroatoms. The molecule has 0 radical (unpaired) electrons. The van der Waals surface area contributed by atoms with Gasteiger partial charge >= 0.3 is 5.97 Å². The van der Waals surface area contributed by atoms with Crippen LogP contribution in [0.3, 0.4) is 0 Å². The van der Waals surface area contributed by atoms with E-state index in [-0.39, 0.29) is 5.04 Å². The fraction of sp³-hybridized carbons (Fsp3) is 0.923. The minimum absolute atomic E-state index is 0.209. The first-order chi connectivity index (χ1) is 8.12. The average molecular weight is 276 g/mol. The zero-order valence-electron chi connectivity index (χ0n) is 12.6. The quantitative estimate of drug-likeness (QED) is 0.546. The number of hydrogen-bond donors (Lipinski definition) is 1. The van der Waals surface area contributed by atoms with Crippen LogP contribution in [-0.2, 0) is 14.0 Å². The molecule has 0 aliphatic heterocycles. The number of carboxylic acid groups (broad SMARTS) is 1. The molecule has 0 rings (SSSR count). The van der Waals surface area contributed by atoms with Gasteiger partial charge in [-0.15, -0.1) is 0 Å². The van der Waals surface area contributed by atoms with Crippen molar-refractivity contribution in [2.45, 2.75) is 64.8 Å². The molecule has 0 heterocycles. The lowest BCUT2D eigenvalue weighted by Crippen LogP contribution is -2.41. The zero-order chi connectivity index (χ0) is 14.4. The van der Waals surface area contributed by atoms with Gasteiger partial charge in [-0.2, -0.15) is 0 Å². The third-order valence-electron chi connectivity index (χ3n) is 3.52. The van der Waals surface area contributed by atoms with Crippen molar-refractivity contribution >= 4 is 14.3 Å². The summed E-state index contributed by atoms with van der Waals surface area (Å²) < 4.78 is 11.3. The van der Waals surface area contributed by atoms with Crippen LogP contribution < -0.4 is 0 Å². The number of carboxylic acids is 1. The van der Waals surface area contributed by atoms with Gasteiger partial charge in [0.15, 0.2) is 14.4 Å². The Labute approximate surface area is 112 Å². The average Bonchev–Trinajstić information content (AvgIpc) is 2.20. The minimum Gasteiger partial charge on any atom is -0.479 e. The molecule has 0 saturated carbocycles. The summed E-state index contributed by atoms with van der Waals surface area (Å²) in [5, 5.41) is 9.03. The summed E-state index contributed by atoms with van der Waals surface area (Å²) in [6, 6.07) is 0. The van der Waals surface area contributed by atoms with Crippen LogP contribution in [0.1, 0.15) is 40.5 Å². The van der Waals surface area contributed by atoms with Crippen molar-refractivity contribution in [3.63, 3.8) is 0 Å². The lowest BCUT2D eigenvalue weighted by molar-refractivity contribution is -0.150. The van der Waals surface area contributed by atoms with Gasteiger partial charge in [0.05, 0.1) is 0 Å². The van der Waals surface area contributed by atoms with Crippen LogP contribution in [0.5, 0.6) is 0 Å². The molecule has 1 atom stereocenters. The molecule has 0 aliphatic rings. The largest absolute Gasteiger partial charge is 0.479 e. The van der Waals surface area contributed by atoms with Crippen LogP contribution in [0.25, 0.3) is 0 Å². The van der Waals surface area contributed by atoms with Gasteiger partial charge in [0, 0.05) is 13.2 Å².